The van der Waals surface area contributed by atoms with E-state index < -0.39 is 0 Å². The summed E-state index contributed by atoms with van der Waals surface area (Å²) >= 11 is 0. The average molecular weight is 139 g/mol. The number of rotatable bonds is 1. The first-order chi connectivity index (χ1) is 4.93. The first kappa shape index (κ1) is 9.10. The van der Waals surface area contributed by atoms with Gasteiger partial charge >= 0.3 is 0 Å². The van der Waals surface area contributed by atoms with E-state index in [1.165, 1.54) is 5.56 Å². The van der Waals surface area contributed by atoms with Gasteiger partial charge in [-0.3, -0.25) is 11.7 Å². The number of hydrogen-bond donors (Lipinski definition) is 3. The Balaban J connectivity index is 0.000000371. The van der Waals surface area contributed by atoms with Crippen molar-refractivity contribution in [1.29, 1.82) is 0 Å². The monoisotopic (exact) mass is 139 g/mol. The lowest BCUT2D eigenvalue weighted by Gasteiger charge is -1.90. The van der Waals surface area contributed by atoms with Crippen molar-refractivity contribution < 1.29 is 0 Å². The van der Waals surface area contributed by atoms with Crippen LogP contribution in [0.5, 0.6) is 0 Å². The molecule has 0 spiro atoms. The van der Waals surface area contributed by atoms with E-state index in [-0.39, 0.29) is 0 Å². The molecule has 0 saturated carbocycles. The van der Waals surface area contributed by atoms with Gasteiger partial charge in [0.25, 0.3) is 0 Å². The molecule has 0 saturated heterocycles. The Bertz CT molecular complexity index is 150. The molecule has 0 bridgehead atoms. The third-order valence-corrected chi connectivity index (χ3v) is 1.08. The van der Waals surface area contributed by atoms with Crippen LogP contribution < -0.4 is 17.4 Å². The molecule has 0 aliphatic carbocycles. The van der Waals surface area contributed by atoms with Crippen LogP contribution in [-0.2, 0) is 6.54 Å². The predicted octanol–water partition coefficient (Wildman–Crippen LogP) is -0.0359. The minimum atomic E-state index is 0.640. The maximum Gasteiger partial charge on any atom is 0.0178 e. The molecule has 0 aliphatic rings. The molecule has 6 N–H and O–H groups in total. The van der Waals surface area contributed by atoms with Crippen LogP contribution >= 0.6 is 0 Å². The summed E-state index contributed by atoms with van der Waals surface area (Å²) in [6.07, 6.45) is 0. The van der Waals surface area contributed by atoms with Crippen molar-refractivity contribution in [1.82, 2.24) is 0 Å². The van der Waals surface area contributed by atoms with Gasteiger partial charge in [0.2, 0.25) is 0 Å². The van der Waals surface area contributed by atoms with Crippen molar-refractivity contribution >= 4 is 0 Å². The highest BCUT2D eigenvalue weighted by molar-refractivity contribution is 5.13. The lowest BCUT2D eigenvalue weighted by atomic mass is 10.2. The second kappa shape index (κ2) is 6.22. The third-order valence-electron chi connectivity index (χ3n) is 1.08. The van der Waals surface area contributed by atoms with Crippen LogP contribution in [0.3, 0.4) is 0 Å². The van der Waals surface area contributed by atoms with Crippen molar-refractivity contribution in [3.8, 4) is 0 Å². The number of nitrogens with two attached hydrogens (primary N) is 3. The summed E-state index contributed by atoms with van der Waals surface area (Å²) in [4.78, 5) is 0. The fourth-order valence-corrected chi connectivity index (χ4v) is 0.614. The van der Waals surface area contributed by atoms with E-state index in [0.29, 0.717) is 6.54 Å². The molecule has 0 aromatic heterocycles. The molecule has 1 aromatic rings. The SMILES string of the molecule is NCc1ccccc1.NN. The molecule has 3 nitrogen and oxygen atoms in total. The molecule has 0 amide bonds. The average Bonchev–Trinajstić information content (AvgIpc) is 2.10. The van der Waals surface area contributed by atoms with Gasteiger partial charge in [0.1, 0.15) is 0 Å². The van der Waals surface area contributed by atoms with Crippen LogP contribution in [0.25, 0.3) is 0 Å². The van der Waals surface area contributed by atoms with Crippen molar-refractivity contribution in [3.63, 3.8) is 0 Å². The number of benzene rings is 1. The molecule has 0 unspecified atom stereocenters. The fraction of sp³-hybridized carbons (Fsp3) is 0.143. The van der Waals surface area contributed by atoms with Gasteiger partial charge < -0.3 is 5.73 Å². The highest BCUT2D eigenvalue weighted by Gasteiger charge is 1.80. The molecule has 0 atom stereocenters. The van der Waals surface area contributed by atoms with E-state index in [4.69, 9.17) is 5.73 Å². The zero-order valence-electron chi connectivity index (χ0n) is 5.83. The van der Waals surface area contributed by atoms with E-state index in [1.54, 1.807) is 0 Å². The van der Waals surface area contributed by atoms with Crippen LogP contribution in [0.4, 0.5) is 0 Å². The molecule has 1 aromatic carbocycles. The van der Waals surface area contributed by atoms with Gasteiger partial charge in [-0.25, -0.2) is 0 Å². The highest BCUT2D eigenvalue weighted by Crippen LogP contribution is 1.94. The summed E-state index contributed by atoms with van der Waals surface area (Å²) in [6.45, 7) is 0.640. The summed E-state index contributed by atoms with van der Waals surface area (Å²) in [5, 5.41) is 0. The van der Waals surface area contributed by atoms with E-state index >= 15 is 0 Å². The molecule has 0 fully saturated rings. The van der Waals surface area contributed by atoms with Crippen molar-refractivity contribution in [2.24, 2.45) is 17.4 Å². The molecule has 1 rings (SSSR count). The maximum absolute atomic E-state index is 5.35. The van der Waals surface area contributed by atoms with Gasteiger partial charge in [-0.15, -0.1) is 0 Å². The zero-order valence-corrected chi connectivity index (χ0v) is 5.83. The third kappa shape index (κ3) is 3.19. The summed E-state index contributed by atoms with van der Waals surface area (Å²) in [6, 6.07) is 9.99. The summed E-state index contributed by atoms with van der Waals surface area (Å²) < 4.78 is 0. The van der Waals surface area contributed by atoms with Crippen LogP contribution in [0, 0.1) is 0 Å². The zero-order chi connectivity index (χ0) is 7.82. The minimum absolute atomic E-state index is 0.640. The van der Waals surface area contributed by atoms with E-state index in [1.807, 2.05) is 30.3 Å². The van der Waals surface area contributed by atoms with E-state index in [9.17, 15) is 0 Å². The molecule has 10 heavy (non-hydrogen) atoms. The van der Waals surface area contributed by atoms with E-state index in [0.717, 1.165) is 0 Å². The Morgan fingerprint density at radius 2 is 1.50 bits per heavy atom. The summed E-state index contributed by atoms with van der Waals surface area (Å²) in [5.41, 5.74) is 6.54. The second-order valence-electron chi connectivity index (χ2n) is 1.69. The quantitative estimate of drug-likeness (QED) is 0.377. The standard InChI is InChI=1S/C7H9N.H4N2/c8-6-7-4-2-1-3-5-7;1-2/h1-5H,6,8H2;1-2H2. The smallest absolute Gasteiger partial charge is 0.0178 e. The number of hydrazine groups is 1. The second-order valence-corrected chi connectivity index (χ2v) is 1.69. The largest absolute Gasteiger partial charge is 0.326 e. The van der Waals surface area contributed by atoms with Crippen molar-refractivity contribution in [2.45, 2.75) is 6.54 Å². The van der Waals surface area contributed by atoms with Gasteiger partial charge in [-0.2, -0.15) is 0 Å². The molecular formula is C7H13N3. The van der Waals surface area contributed by atoms with E-state index in [2.05, 4.69) is 11.7 Å². The number of hydrogen-bond acceptors (Lipinski definition) is 3. The Morgan fingerprint density at radius 1 is 1.00 bits per heavy atom. The summed E-state index contributed by atoms with van der Waals surface area (Å²) in [7, 11) is 0. The topological polar surface area (TPSA) is 78.1 Å². The first-order valence-electron chi connectivity index (χ1n) is 3.01. The normalized spacial score (nSPS) is 7.90. The first-order valence-corrected chi connectivity index (χ1v) is 3.01. The fourth-order valence-electron chi connectivity index (χ4n) is 0.614. The minimum Gasteiger partial charge on any atom is -0.326 e. The molecule has 0 heterocycles. The highest BCUT2D eigenvalue weighted by atomic mass is 15.0. The van der Waals surface area contributed by atoms with Crippen molar-refractivity contribution in [3.05, 3.63) is 35.9 Å². The van der Waals surface area contributed by atoms with Gasteiger partial charge in [-0.05, 0) is 5.56 Å². The molecule has 56 valence electrons. The Kier molecular flexibility index (Phi) is 5.66. The van der Waals surface area contributed by atoms with Crippen LogP contribution in [0.2, 0.25) is 0 Å². The predicted molar refractivity (Wildman–Crippen MR) is 42.7 cm³/mol. The Hall–Kier alpha value is -0.900. The van der Waals surface area contributed by atoms with Gasteiger partial charge in [0.15, 0.2) is 0 Å². The van der Waals surface area contributed by atoms with Crippen molar-refractivity contribution in [2.75, 3.05) is 0 Å². The van der Waals surface area contributed by atoms with Crippen LogP contribution in [-0.4, -0.2) is 0 Å². The lowest BCUT2D eigenvalue weighted by molar-refractivity contribution is 1.07. The summed E-state index contributed by atoms with van der Waals surface area (Å²) in [5.74, 6) is 8.00. The molecular weight excluding hydrogens is 126 g/mol. The molecule has 0 aliphatic heterocycles. The Labute approximate surface area is 60.8 Å². The van der Waals surface area contributed by atoms with Gasteiger partial charge in [-0.1, -0.05) is 30.3 Å². The Morgan fingerprint density at radius 3 is 1.80 bits per heavy atom. The maximum atomic E-state index is 5.35. The van der Waals surface area contributed by atoms with Gasteiger partial charge in [0.05, 0.1) is 0 Å². The molecule has 0 radical (unpaired) electrons. The van der Waals surface area contributed by atoms with Gasteiger partial charge in [0, 0.05) is 6.54 Å². The molecule has 3 heteroatoms. The van der Waals surface area contributed by atoms with Crippen LogP contribution in [0.1, 0.15) is 5.56 Å². The van der Waals surface area contributed by atoms with Crippen LogP contribution in [0.15, 0.2) is 30.3 Å². The lowest BCUT2D eigenvalue weighted by Crippen LogP contribution is -2.02.